The third-order valence-corrected chi connectivity index (χ3v) is 5.21. The summed E-state index contributed by atoms with van der Waals surface area (Å²) >= 11 is 1.50. The molecule has 2 rings (SSSR count). The Morgan fingerprint density at radius 3 is 2.38 bits per heavy atom. The summed E-state index contributed by atoms with van der Waals surface area (Å²) in [4.78, 5) is 23.9. The highest BCUT2D eigenvalue weighted by atomic mass is 32.1. The van der Waals surface area contributed by atoms with Crippen molar-refractivity contribution in [1.82, 2.24) is 5.32 Å². The molecule has 0 aliphatic rings. The summed E-state index contributed by atoms with van der Waals surface area (Å²) in [6, 6.07) is 7.68. The third kappa shape index (κ3) is 2.65. The predicted octanol–water partition coefficient (Wildman–Crippen LogP) is 3.52. The summed E-state index contributed by atoms with van der Waals surface area (Å²) in [6.07, 6.45) is 0. The van der Waals surface area contributed by atoms with Crippen LogP contribution in [0.5, 0.6) is 0 Å². The van der Waals surface area contributed by atoms with Crippen molar-refractivity contribution in [2.24, 2.45) is 5.41 Å². The monoisotopic (exact) mass is 305 g/mol. The number of hydrogen-bond donors (Lipinski definition) is 2. The zero-order chi connectivity index (χ0) is 15.8. The molecule has 112 valence electrons. The first-order valence-electron chi connectivity index (χ1n) is 6.69. The summed E-state index contributed by atoms with van der Waals surface area (Å²) in [6.45, 7) is 6.68. The zero-order valence-corrected chi connectivity index (χ0v) is 13.4. The molecule has 4 nitrogen and oxygen atoms in total. The summed E-state index contributed by atoms with van der Waals surface area (Å²) in [5.74, 6) is -1.19. The van der Waals surface area contributed by atoms with Gasteiger partial charge in [-0.3, -0.25) is 9.59 Å². The number of fused-ring (bicyclic) bond motifs is 1. The van der Waals surface area contributed by atoms with Crippen LogP contribution in [0.25, 0.3) is 10.1 Å². The van der Waals surface area contributed by atoms with Gasteiger partial charge in [-0.25, -0.2) is 0 Å². The lowest BCUT2D eigenvalue weighted by Gasteiger charge is -2.38. The molecule has 0 bridgehead atoms. The fourth-order valence-corrected chi connectivity index (χ4v) is 2.87. The fourth-order valence-electron chi connectivity index (χ4n) is 1.93. The maximum Gasteiger partial charge on any atom is 0.311 e. The fraction of sp³-hybridized carbons (Fsp3) is 0.375. The van der Waals surface area contributed by atoms with Crippen molar-refractivity contribution < 1.29 is 14.7 Å². The summed E-state index contributed by atoms with van der Waals surface area (Å²) < 4.78 is 1.04. The van der Waals surface area contributed by atoms with Crippen LogP contribution in [0.1, 0.15) is 38.1 Å². The predicted molar refractivity (Wildman–Crippen MR) is 84.8 cm³/mol. The molecule has 1 amide bonds. The van der Waals surface area contributed by atoms with Crippen LogP contribution in [-0.4, -0.2) is 22.5 Å². The van der Waals surface area contributed by atoms with Crippen LogP contribution in [-0.2, 0) is 4.79 Å². The SMILES string of the molecule is CC(C)(NC(=O)c1csc2ccccc12)C(C)(C)C(=O)O. The Balaban J connectivity index is 2.32. The van der Waals surface area contributed by atoms with Gasteiger partial charge in [0, 0.05) is 15.5 Å². The van der Waals surface area contributed by atoms with Crippen LogP contribution in [0.15, 0.2) is 29.6 Å². The molecule has 1 aromatic carbocycles. The number of amides is 1. The van der Waals surface area contributed by atoms with Gasteiger partial charge >= 0.3 is 5.97 Å². The minimum Gasteiger partial charge on any atom is -0.481 e. The van der Waals surface area contributed by atoms with Gasteiger partial charge in [-0.05, 0) is 33.8 Å². The molecule has 0 aliphatic carbocycles. The van der Waals surface area contributed by atoms with Crippen LogP contribution in [0.4, 0.5) is 0 Å². The van der Waals surface area contributed by atoms with E-state index in [4.69, 9.17) is 0 Å². The molecule has 0 atom stereocenters. The highest BCUT2D eigenvalue weighted by molar-refractivity contribution is 7.17. The number of nitrogens with one attached hydrogen (secondary N) is 1. The first kappa shape index (κ1) is 15.5. The van der Waals surface area contributed by atoms with E-state index in [0.29, 0.717) is 5.56 Å². The van der Waals surface area contributed by atoms with Crippen LogP contribution in [0, 0.1) is 5.41 Å². The van der Waals surface area contributed by atoms with Crippen molar-refractivity contribution in [3.05, 3.63) is 35.2 Å². The molecule has 0 saturated heterocycles. The molecule has 5 heteroatoms. The van der Waals surface area contributed by atoms with Gasteiger partial charge in [0.15, 0.2) is 0 Å². The lowest BCUT2D eigenvalue weighted by atomic mass is 9.74. The molecule has 0 unspecified atom stereocenters. The molecule has 21 heavy (non-hydrogen) atoms. The Labute approximate surface area is 127 Å². The second-order valence-corrected chi connectivity index (χ2v) is 7.07. The van der Waals surface area contributed by atoms with Crippen molar-refractivity contribution in [1.29, 1.82) is 0 Å². The Morgan fingerprint density at radius 1 is 1.14 bits per heavy atom. The number of carbonyl (C=O) groups is 2. The van der Waals surface area contributed by atoms with Gasteiger partial charge < -0.3 is 10.4 Å². The summed E-state index contributed by atoms with van der Waals surface area (Å²) in [5.41, 5.74) is -1.36. The average molecular weight is 305 g/mol. The molecule has 0 fully saturated rings. The van der Waals surface area contributed by atoms with Gasteiger partial charge in [0.1, 0.15) is 0 Å². The number of aliphatic carboxylic acids is 1. The molecule has 2 aromatic rings. The van der Waals surface area contributed by atoms with Gasteiger partial charge in [-0.1, -0.05) is 18.2 Å². The minimum absolute atomic E-state index is 0.244. The van der Waals surface area contributed by atoms with E-state index in [9.17, 15) is 14.7 Å². The molecule has 0 saturated carbocycles. The third-order valence-electron chi connectivity index (χ3n) is 4.25. The van der Waals surface area contributed by atoms with Crippen LogP contribution >= 0.6 is 11.3 Å². The van der Waals surface area contributed by atoms with E-state index in [-0.39, 0.29) is 5.91 Å². The maximum absolute atomic E-state index is 12.5. The Hall–Kier alpha value is -1.88. The first-order valence-corrected chi connectivity index (χ1v) is 7.57. The van der Waals surface area contributed by atoms with E-state index in [0.717, 1.165) is 10.1 Å². The number of hydrogen-bond acceptors (Lipinski definition) is 3. The standard InChI is InChI=1S/C16H19NO3S/c1-15(2,14(19)20)16(3,4)17-13(18)11-9-21-12-8-6-5-7-10(11)12/h5-9H,1-4H3,(H,17,18)(H,19,20). The molecule has 1 aromatic heterocycles. The van der Waals surface area contributed by atoms with Crippen molar-refractivity contribution >= 4 is 33.3 Å². The summed E-state index contributed by atoms with van der Waals surface area (Å²) in [7, 11) is 0. The van der Waals surface area contributed by atoms with Crippen molar-refractivity contribution in [2.45, 2.75) is 33.2 Å². The highest BCUT2D eigenvalue weighted by Gasteiger charge is 2.44. The largest absolute Gasteiger partial charge is 0.481 e. The zero-order valence-electron chi connectivity index (χ0n) is 12.6. The van der Waals surface area contributed by atoms with Crippen LogP contribution in [0.3, 0.4) is 0 Å². The quantitative estimate of drug-likeness (QED) is 0.908. The van der Waals surface area contributed by atoms with E-state index in [1.54, 1.807) is 27.7 Å². The van der Waals surface area contributed by atoms with Gasteiger partial charge in [0.25, 0.3) is 5.91 Å². The Kier molecular flexibility index (Phi) is 3.80. The van der Waals surface area contributed by atoms with Crippen molar-refractivity contribution in [2.75, 3.05) is 0 Å². The number of benzene rings is 1. The lowest BCUT2D eigenvalue weighted by molar-refractivity contribution is -0.150. The highest BCUT2D eigenvalue weighted by Crippen LogP contribution is 2.32. The van der Waals surface area contributed by atoms with Gasteiger partial charge in [0.05, 0.1) is 16.5 Å². The van der Waals surface area contributed by atoms with Crippen LogP contribution < -0.4 is 5.32 Å². The molecular weight excluding hydrogens is 286 g/mol. The Bertz CT molecular complexity index is 700. The second kappa shape index (κ2) is 5.15. The molecule has 0 spiro atoms. The molecule has 0 radical (unpaired) electrons. The number of rotatable bonds is 4. The molecule has 2 N–H and O–H groups in total. The van der Waals surface area contributed by atoms with Crippen molar-refractivity contribution in [3.63, 3.8) is 0 Å². The lowest BCUT2D eigenvalue weighted by Crippen LogP contribution is -2.56. The van der Waals surface area contributed by atoms with E-state index in [1.807, 2.05) is 29.6 Å². The Morgan fingerprint density at radius 2 is 1.76 bits per heavy atom. The van der Waals surface area contributed by atoms with Gasteiger partial charge in [-0.15, -0.1) is 11.3 Å². The molecule has 0 aliphatic heterocycles. The topological polar surface area (TPSA) is 66.4 Å². The number of thiophene rings is 1. The number of carboxylic acids is 1. The van der Waals surface area contributed by atoms with Crippen molar-refractivity contribution in [3.8, 4) is 0 Å². The maximum atomic E-state index is 12.5. The van der Waals surface area contributed by atoms with E-state index in [1.165, 1.54) is 11.3 Å². The average Bonchev–Trinajstić information content (AvgIpc) is 2.81. The first-order chi connectivity index (χ1) is 9.67. The van der Waals surface area contributed by atoms with Gasteiger partial charge in [0.2, 0.25) is 0 Å². The van der Waals surface area contributed by atoms with Crippen LogP contribution in [0.2, 0.25) is 0 Å². The van der Waals surface area contributed by atoms with E-state index < -0.39 is 16.9 Å². The second-order valence-electron chi connectivity index (χ2n) is 6.15. The normalized spacial score (nSPS) is 12.4. The number of carbonyl (C=O) groups excluding carboxylic acids is 1. The van der Waals surface area contributed by atoms with Gasteiger partial charge in [-0.2, -0.15) is 0 Å². The summed E-state index contributed by atoms with van der Waals surface area (Å²) in [5, 5.41) is 14.9. The molecule has 1 heterocycles. The minimum atomic E-state index is -1.07. The molecular formula is C16H19NO3S. The van der Waals surface area contributed by atoms with E-state index >= 15 is 0 Å². The van der Waals surface area contributed by atoms with E-state index in [2.05, 4.69) is 5.32 Å². The smallest absolute Gasteiger partial charge is 0.311 e. The number of carboxylic acid groups (broad SMARTS) is 1.